The Morgan fingerprint density at radius 3 is 2.29 bits per heavy atom. The molecule has 0 unspecified atom stereocenters. The third-order valence-electron chi connectivity index (χ3n) is 1.88. The maximum Gasteiger partial charge on any atom is 0.0426 e. The lowest BCUT2D eigenvalue weighted by molar-refractivity contribution is 1.12. The molecule has 0 heterocycles. The molecule has 0 spiro atoms. The molecular weight excluding hydrogens is 283 g/mol. The van der Waals surface area contributed by atoms with Gasteiger partial charge in [-0.25, -0.2) is 0 Å². The maximum absolute atomic E-state index is 5.89. The van der Waals surface area contributed by atoms with Crippen LogP contribution in [0.1, 0.15) is 18.9 Å². The van der Waals surface area contributed by atoms with Gasteiger partial charge in [-0.3, -0.25) is 0 Å². The van der Waals surface area contributed by atoms with Gasteiger partial charge in [0, 0.05) is 15.4 Å². The summed E-state index contributed by atoms with van der Waals surface area (Å²) in [6, 6.07) is 5.55. The lowest BCUT2D eigenvalue weighted by atomic mass is 10.1. The molecule has 14 heavy (non-hydrogen) atoms. The quantitative estimate of drug-likeness (QED) is 0.674. The van der Waals surface area contributed by atoms with Gasteiger partial charge in [0.25, 0.3) is 0 Å². The van der Waals surface area contributed by atoms with E-state index in [-0.39, 0.29) is 0 Å². The van der Waals surface area contributed by atoms with Crippen LogP contribution in [-0.2, 0) is 0 Å². The first-order valence-corrected chi connectivity index (χ1v) is 6.25. The Balaban J connectivity index is 3.01. The van der Waals surface area contributed by atoms with E-state index in [0.717, 1.165) is 17.3 Å². The van der Waals surface area contributed by atoms with E-state index in [2.05, 4.69) is 28.9 Å². The summed E-state index contributed by atoms with van der Waals surface area (Å²) >= 11 is 15.2. The molecule has 0 bridgehead atoms. The summed E-state index contributed by atoms with van der Waals surface area (Å²) in [7, 11) is 0. The number of hydrogen-bond donors (Lipinski definition) is 0. The van der Waals surface area contributed by atoms with E-state index >= 15 is 0 Å². The summed E-state index contributed by atoms with van der Waals surface area (Å²) < 4.78 is 0. The van der Waals surface area contributed by atoms with Crippen molar-refractivity contribution in [2.45, 2.75) is 13.3 Å². The highest BCUT2D eigenvalue weighted by atomic mass is 79.9. The molecule has 0 amide bonds. The van der Waals surface area contributed by atoms with Gasteiger partial charge in [-0.05, 0) is 30.2 Å². The minimum absolute atomic E-state index is 0.675. The zero-order valence-electron chi connectivity index (χ0n) is 7.86. The van der Waals surface area contributed by atoms with Gasteiger partial charge in [0.15, 0.2) is 0 Å². The van der Waals surface area contributed by atoms with Gasteiger partial charge >= 0.3 is 0 Å². The van der Waals surface area contributed by atoms with Crippen LogP contribution in [0.3, 0.4) is 0 Å². The standard InChI is InChI=1S/C11H11BrCl2/c1-2-8(7-12)3-9-4-10(13)6-11(14)5-9/h3-6H,2,7H2,1H3. The number of alkyl halides is 1. The van der Waals surface area contributed by atoms with Crippen LogP contribution in [0.4, 0.5) is 0 Å². The number of halogens is 3. The fourth-order valence-electron chi connectivity index (χ4n) is 1.13. The largest absolute Gasteiger partial charge is 0.0880 e. The Bertz CT molecular complexity index is 319. The van der Waals surface area contributed by atoms with E-state index in [0.29, 0.717) is 10.0 Å². The van der Waals surface area contributed by atoms with E-state index in [1.807, 2.05) is 12.1 Å². The summed E-state index contributed by atoms with van der Waals surface area (Å²) in [5.74, 6) is 0. The summed E-state index contributed by atoms with van der Waals surface area (Å²) in [5.41, 5.74) is 2.38. The van der Waals surface area contributed by atoms with E-state index in [4.69, 9.17) is 23.2 Å². The second-order valence-electron chi connectivity index (χ2n) is 2.99. The van der Waals surface area contributed by atoms with Crippen LogP contribution in [0.2, 0.25) is 10.0 Å². The van der Waals surface area contributed by atoms with Crippen molar-refractivity contribution in [3.8, 4) is 0 Å². The third kappa shape index (κ3) is 3.64. The van der Waals surface area contributed by atoms with Crippen LogP contribution >= 0.6 is 39.1 Å². The Hall–Kier alpha value is 0.0200. The average molecular weight is 294 g/mol. The second-order valence-corrected chi connectivity index (χ2v) is 4.43. The molecule has 1 aromatic rings. The Labute approximate surface area is 103 Å². The molecule has 0 aliphatic carbocycles. The molecule has 0 fully saturated rings. The first kappa shape index (κ1) is 12.1. The van der Waals surface area contributed by atoms with Gasteiger partial charge in [-0.15, -0.1) is 0 Å². The third-order valence-corrected chi connectivity index (χ3v) is 3.04. The average Bonchev–Trinajstić information content (AvgIpc) is 2.12. The van der Waals surface area contributed by atoms with Gasteiger partial charge in [0.1, 0.15) is 0 Å². The molecule has 0 aromatic heterocycles. The maximum atomic E-state index is 5.89. The van der Waals surface area contributed by atoms with Crippen LogP contribution in [0.15, 0.2) is 23.8 Å². The van der Waals surface area contributed by atoms with E-state index in [1.54, 1.807) is 6.07 Å². The molecule has 1 rings (SSSR count). The molecule has 0 N–H and O–H groups in total. The van der Waals surface area contributed by atoms with E-state index in [9.17, 15) is 0 Å². The van der Waals surface area contributed by atoms with Crippen molar-refractivity contribution in [1.29, 1.82) is 0 Å². The zero-order chi connectivity index (χ0) is 10.6. The van der Waals surface area contributed by atoms with Crippen molar-refractivity contribution in [2.75, 3.05) is 5.33 Å². The number of hydrogen-bond acceptors (Lipinski definition) is 0. The van der Waals surface area contributed by atoms with Crippen molar-refractivity contribution >= 4 is 45.2 Å². The number of rotatable bonds is 3. The molecule has 0 aliphatic rings. The van der Waals surface area contributed by atoms with Crippen molar-refractivity contribution < 1.29 is 0 Å². The molecule has 1 aromatic carbocycles. The SMILES string of the molecule is CCC(=Cc1cc(Cl)cc(Cl)c1)CBr. The molecule has 76 valence electrons. The fourth-order valence-corrected chi connectivity index (χ4v) is 2.23. The molecule has 0 aliphatic heterocycles. The summed E-state index contributed by atoms with van der Waals surface area (Å²) in [6.45, 7) is 2.12. The lowest BCUT2D eigenvalue weighted by Crippen LogP contribution is -1.82. The lowest BCUT2D eigenvalue weighted by Gasteiger charge is -2.01. The first-order valence-electron chi connectivity index (χ1n) is 4.37. The number of allylic oxidation sites excluding steroid dienone is 1. The van der Waals surface area contributed by atoms with E-state index < -0.39 is 0 Å². The molecule has 0 atom stereocenters. The van der Waals surface area contributed by atoms with Crippen molar-refractivity contribution in [2.24, 2.45) is 0 Å². The molecule has 0 saturated carbocycles. The highest BCUT2D eigenvalue weighted by Crippen LogP contribution is 2.21. The van der Waals surface area contributed by atoms with Crippen LogP contribution < -0.4 is 0 Å². The monoisotopic (exact) mass is 292 g/mol. The second kappa shape index (κ2) is 5.79. The molecule has 0 saturated heterocycles. The molecule has 0 nitrogen and oxygen atoms in total. The highest BCUT2D eigenvalue weighted by molar-refractivity contribution is 9.09. The Morgan fingerprint density at radius 1 is 1.29 bits per heavy atom. The first-order chi connectivity index (χ1) is 6.65. The van der Waals surface area contributed by atoms with Gasteiger partial charge < -0.3 is 0 Å². The van der Waals surface area contributed by atoms with Gasteiger partial charge in [-0.2, -0.15) is 0 Å². The van der Waals surface area contributed by atoms with Crippen molar-refractivity contribution in [3.63, 3.8) is 0 Å². The summed E-state index contributed by atoms with van der Waals surface area (Å²) in [4.78, 5) is 0. The van der Waals surface area contributed by atoms with Gasteiger partial charge in [0.05, 0.1) is 0 Å². The molecule has 3 heteroatoms. The minimum atomic E-state index is 0.675. The van der Waals surface area contributed by atoms with Crippen LogP contribution in [0.5, 0.6) is 0 Å². The van der Waals surface area contributed by atoms with Crippen LogP contribution in [0, 0.1) is 0 Å². The minimum Gasteiger partial charge on any atom is -0.0880 e. The van der Waals surface area contributed by atoms with Crippen molar-refractivity contribution in [3.05, 3.63) is 39.4 Å². The fraction of sp³-hybridized carbons (Fsp3) is 0.273. The number of benzene rings is 1. The van der Waals surface area contributed by atoms with Crippen LogP contribution in [-0.4, -0.2) is 5.33 Å². The predicted octanol–water partition coefficient (Wildman–Crippen LogP) is 5.18. The van der Waals surface area contributed by atoms with Crippen molar-refractivity contribution in [1.82, 2.24) is 0 Å². The Kier molecular flexibility index (Phi) is 5.00. The molecule has 0 radical (unpaired) electrons. The molecular formula is C11H11BrCl2. The summed E-state index contributed by atoms with van der Waals surface area (Å²) in [5, 5.41) is 2.23. The van der Waals surface area contributed by atoms with Gasteiger partial charge in [0.2, 0.25) is 0 Å². The predicted molar refractivity (Wildman–Crippen MR) is 68.5 cm³/mol. The van der Waals surface area contributed by atoms with E-state index in [1.165, 1.54) is 5.57 Å². The van der Waals surface area contributed by atoms with Gasteiger partial charge in [-0.1, -0.05) is 57.7 Å². The van der Waals surface area contributed by atoms with Crippen LogP contribution in [0.25, 0.3) is 6.08 Å². The smallest absolute Gasteiger partial charge is 0.0426 e. The summed E-state index contributed by atoms with van der Waals surface area (Å²) in [6.07, 6.45) is 3.13. The topological polar surface area (TPSA) is 0 Å². The zero-order valence-corrected chi connectivity index (χ0v) is 11.0. The Morgan fingerprint density at radius 2 is 1.86 bits per heavy atom. The normalized spacial score (nSPS) is 11.9. The highest BCUT2D eigenvalue weighted by Gasteiger charge is 1.97.